The molecule has 0 bridgehead atoms. The molecule has 0 aliphatic carbocycles. The Bertz CT molecular complexity index is 697. The van der Waals surface area contributed by atoms with Gasteiger partial charge in [0, 0.05) is 19.2 Å². The smallest absolute Gasteiger partial charge is 0.404 e. The first kappa shape index (κ1) is 21.0. The number of nitrogens with one attached hydrogen (secondary N) is 1. The van der Waals surface area contributed by atoms with Crippen LogP contribution >= 0.6 is 0 Å². The highest BCUT2D eigenvalue weighted by atomic mass is 16.6. The lowest BCUT2D eigenvalue weighted by Gasteiger charge is -2.08. The van der Waals surface area contributed by atoms with E-state index in [4.69, 9.17) is 14.2 Å². The first-order chi connectivity index (χ1) is 12.5. The van der Waals surface area contributed by atoms with Gasteiger partial charge in [-0.05, 0) is 26.8 Å². The monoisotopic (exact) mass is 365 g/mol. The molecular formula is C18H25N2O6+. The van der Waals surface area contributed by atoms with Crippen LogP contribution in [0.3, 0.4) is 0 Å². The van der Waals surface area contributed by atoms with E-state index in [0.29, 0.717) is 0 Å². The average molecular weight is 365 g/mol. The maximum Gasteiger partial charge on any atom is 0.404 e. The average Bonchev–Trinajstić information content (AvgIpc) is 2.63. The number of esters is 2. The summed E-state index contributed by atoms with van der Waals surface area (Å²) < 4.78 is 16.5. The fourth-order valence-corrected chi connectivity index (χ4v) is 1.98. The van der Waals surface area contributed by atoms with Gasteiger partial charge >= 0.3 is 11.9 Å². The molecule has 0 unspecified atom stereocenters. The number of rotatable bonds is 9. The van der Waals surface area contributed by atoms with Crippen molar-refractivity contribution in [2.24, 2.45) is 0 Å². The number of ether oxygens (including phenoxy) is 3. The molecule has 0 amide bonds. The van der Waals surface area contributed by atoms with Gasteiger partial charge in [0.2, 0.25) is 0 Å². The summed E-state index contributed by atoms with van der Waals surface area (Å²) in [5, 5.41) is 13.0. The molecule has 1 aromatic rings. The number of hydrogen-bond donors (Lipinski definition) is 2. The van der Waals surface area contributed by atoms with Crippen molar-refractivity contribution in [3.63, 3.8) is 0 Å². The molecule has 0 aliphatic rings. The SMILES string of the molecule is CCOC(=O)C(/C=C(\C(=O)OCC)[n+]1cccc(NC)c1)=C(O)OCC. The summed E-state index contributed by atoms with van der Waals surface area (Å²) in [5.41, 5.74) is 0.468. The number of carbonyl (C=O) groups is 2. The van der Waals surface area contributed by atoms with Crippen LogP contribution < -0.4 is 9.88 Å². The van der Waals surface area contributed by atoms with Crippen LogP contribution in [-0.2, 0) is 23.8 Å². The van der Waals surface area contributed by atoms with Crippen LogP contribution in [0.5, 0.6) is 0 Å². The summed E-state index contributed by atoms with van der Waals surface area (Å²) in [5.74, 6) is -2.11. The van der Waals surface area contributed by atoms with Gasteiger partial charge in [0.1, 0.15) is 5.57 Å². The fraction of sp³-hybridized carbons (Fsp3) is 0.389. The maximum absolute atomic E-state index is 12.4. The normalized spacial score (nSPS) is 12.1. The van der Waals surface area contributed by atoms with Gasteiger partial charge in [-0.15, -0.1) is 0 Å². The summed E-state index contributed by atoms with van der Waals surface area (Å²) in [6.45, 7) is 5.35. The Morgan fingerprint density at radius 1 is 1.12 bits per heavy atom. The summed E-state index contributed by atoms with van der Waals surface area (Å²) >= 11 is 0. The second-order valence-corrected chi connectivity index (χ2v) is 4.87. The van der Waals surface area contributed by atoms with Crippen molar-refractivity contribution in [1.82, 2.24) is 0 Å². The molecule has 0 atom stereocenters. The number of nitrogens with zero attached hydrogens (tertiary/aromatic N) is 1. The fourth-order valence-electron chi connectivity index (χ4n) is 1.98. The van der Waals surface area contributed by atoms with Crippen LogP contribution in [0.25, 0.3) is 5.70 Å². The molecule has 0 aliphatic heterocycles. The molecule has 8 nitrogen and oxygen atoms in total. The van der Waals surface area contributed by atoms with Crippen molar-refractivity contribution in [2.75, 3.05) is 32.2 Å². The zero-order valence-corrected chi connectivity index (χ0v) is 15.4. The number of aliphatic hydroxyl groups excluding tert-OH is 1. The van der Waals surface area contributed by atoms with Crippen LogP contribution in [0.2, 0.25) is 0 Å². The molecule has 1 rings (SSSR count). The Morgan fingerprint density at radius 2 is 1.73 bits per heavy atom. The maximum atomic E-state index is 12.4. The molecule has 1 aromatic heterocycles. The molecule has 0 spiro atoms. The zero-order valence-electron chi connectivity index (χ0n) is 15.4. The minimum atomic E-state index is -0.814. The Labute approximate surface area is 152 Å². The molecular weight excluding hydrogens is 340 g/mol. The van der Waals surface area contributed by atoms with E-state index in [9.17, 15) is 14.7 Å². The minimum absolute atomic E-state index is 0.0123. The van der Waals surface area contributed by atoms with E-state index in [-0.39, 0.29) is 31.1 Å². The van der Waals surface area contributed by atoms with Crippen molar-refractivity contribution >= 4 is 23.3 Å². The number of hydrogen-bond acceptors (Lipinski definition) is 7. The summed E-state index contributed by atoms with van der Waals surface area (Å²) in [4.78, 5) is 24.6. The topological polar surface area (TPSA) is 98.0 Å². The van der Waals surface area contributed by atoms with Crippen LogP contribution in [0.4, 0.5) is 5.69 Å². The number of aliphatic hydroxyl groups is 1. The lowest BCUT2D eigenvalue weighted by Crippen LogP contribution is -2.37. The van der Waals surface area contributed by atoms with E-state index < -0.39 is 17.9 Å². The van der Waals surface area contributed by atoms with E-state index in [1.807, 2.05) is 0 Å². The second kappa shape index (κ2) is 10.8. The van der Waals surface area contributed by atoms with E-state index in [1.165, 1.54) is 10.6 Å². The Balaban J connectivity index is 3.51. The third kappa shape index (κ3) is 5.80. The number of aromatic nitrogens is 1. The van der Waals surface area contributed by atoms with Gasteiger partial charge in [0.15, 0.2) is 12.4 Å². The highest BCUT2D eigenvalue weighted by Crippen LogP contribution is 2.13. The molecule has 0 radical (unpaired) electrons. The van der Waals surface area contributed by atoms with Gasteiger partial charge in [-0.25, -0.2) is 9.59 Å². The predicted octanol–water partition coefficient (Wildman–Crippen LogP) is 1.79. The van der Waals surface area contributed by atoms with E-state index in [0.717, 1.165) is 5.69 Å². The number of anilines is 1. The number of carbonyl (C=O) groups excluding carboxylic acids is 2. The van der Waals surface area contributed by atoms with Gasteiger partial charge < -0.3 is 24.6 Å². The van der Waals surface area contributed by atoms with Crippen molar-refractivity contribution < 1.29 is 33.5 Å². The molecule has 26 heavy (non-hydrogen) atoms. The van der Waals surface area contributed by atoms with Crippen LogP contribution in [-0.4, -0.2) is 43.9 Å². The third-order valence-corrected chi connectivity index (χ3v) is 3.14. The molecule has 0 saturated carbocycles. The van der Waals surface area contributed by atoms with Crippen molar-refractivity contribution in [1.29, 1.82) is 0 Å². The highest BCUT2D eigenvalue weighted by Gasteiger charge is 2.27. The van der Waals surface area contributed by atoms with E-state index >= 15 is 0 Å². The summed E-state index contributed by atoms with van der Waals surface area (Å²) in [7, 11) is 1.73. The predicted molar refractivity (Wildman–Crippen MR) is 95.0 cm³/mol. The molecule has 0 aromatic carbocycles. The van der Waals surface area contributed by atoms with Gasteiger partial charge in [-0.3, -0.25) is 0 Å². The lowest BCUT2D eigenvalue weighted by molar-refractivity contribution is -0.577. The Hall–Kier alpha value is -3.03. The first-order valence-electron chi connectivity index (χ1n) is 8.29. The van der Waals surface area contributed by atoms with Crippen LogP contribution in [0.15, 0.2) is 42.1 Å². The largest absolute Gasteiger partial charge is 0.480 e. The first-order valence-corrected chi connectivity index (χ1v) is 8.29. The van der Waals surface area contributed by atoms with Crippen molar-refractivity contribution in [3.05, 3.63) is 42.1 Å². The minimum Gasteiger partial charge on any atom is -0.480 e. The highest BCUT2D eigenvalue weighted by molar-refractivity contribution is 6.09. The van der Waals surface area contributed by atoms with Crippen molar-refractivity contribution in [2.45, 2.75) is 20.8 Å². The van der Waals surface area contributed by atoms with Gasteiger partial charge in [0.25, 0.3) is 11.6 Å². The zero-order chi connectivity index (χ0) is 19.5. The summed E-state index contributed by atoms with van der Waals surface area (Å²) in [6.07, 6.45) is 4.44. The second-order valence-electron chi connectivity index (χ2n) is 4.87. The molecule has 0 saturated heterocycles. The third-order valence-electron chi connectivity index (χ3n) is 3.14. The Kier molecular flexibility index (Phi) is 8.69. The lowest BCUT2D eigenvalue weighted by atomic mass is 10.2. The number of pyridine rings is 1. The Morgan fingerprint density at radius 3 is 2.31 bits per heavy atom. The van der Waals surface area contributed by atoms with E-state index in [2.05, 4.69) is 5.32 Å². The molecule has 8 heteroatoms. The van der Waals surface area contributed by atoms with Gasteiger partial charge in [0.05, 0.1) is 25.5 Å². The van der Waals surface area contributed by atoms with Crippen molar-refractivity contribution in [3.8, 4) is 0 Å². The molecule has 1 heterocycles. The molecule has 0 fully saturated rings. The molecule has 142 valence electrons. The van der Waals surface area contributed by atoms with Gasteiger partial charge in [-0.1, -0.05) is 0 Å². The molecule has 2 N–H and O–H groups in total. The standard InChI is InChI=1S/C18H24N2O6/c1-5-24-16(21)14(17(22)25-6-2)11-15(18(23)26-7-3)20-10-8-9-13(12-20)19-4/h8-12,19H,5-7H2,1-4H3/p+1. The summed E-state index contributed by atoms with van der Waals surface area (Å²) in [6, 6.07) is 3.52. The quantitative estimate of drug-likeness (QED) is 0.226. The van der Waals surface area contributed by atoms with Crippen LogP contribution in [0.1, 0.15) is 20.8 Å². The van der Waals surface area contributed by atoms with Crippen LogP contribution in [0, 0.1) is 0 Å². The van der Waals surface area contributed by atoms with Gasteiger partial charge in [-0.2, -0.15) is 4.57 Å². The van der Waals surface area contributed by atoms with E-state index in [1.54, 1.807) is 52.3 Å².